The molecule has 0 fully saturated rings. The molecule has 1 heterocycles. The second kappa shape index (κ2) is 4.85. The molecule has 2 rings (SSSR count). The van der Waals surface area contributed by atoms with E-state index in [0.29, 0.717) is 11.3 Å². The normalized spacial score (nSPS) is 12.7. The van der Waals surface area contributed by atoms with Crippen LogP contribution in [-0.4, -0.2) is 0 Å². The summed E-state index contributed by atoms with van der Waals surface area (Å²) in [7, 11) is 0. The van der Waals surface area contributed by atoms with Crippen molar-refractivity contribution in [1.29, 1.82) is 0 Å². The zero-order chi connectivity index (χ0) is 12.4. The Hall–Kier alpha value is -1.39. The van der Waals surface area contributed by atoms with Crippen LogP contribution < -0.4 is 5.73 Å². The molecule has 5 heteroatoms. The average molecular weight is 258 g/mol. The van der Waals surface area contributed by atoms with Crippen LogP contribution in [0.4, 0.5) is 8.78 Å². The first-order chi connectivity index (χ1) is 8.06. The van der Waals surface area contributed by atoms with Crippen molar-refractivity contribution in [3.63, 3.8) is 0 Å². The fourth-order valence-corrected chi connectivity index (χ4v) is 1.70. The van der Waals surface area contributed by atoms with Crippen molar-refractivity contribution >= 4 is 11.6 Å². The van der Waals surface area contributed by atoms with Gasteiger partial charge in [0, 0.05) is 6.07 Å². The highest BCUT2D eigenvalue weighted by Crippen LogP contribution is 2.22. The number of rotatable bonds is 3. The fourth-order valence-electron chi connectivity index (χ4n) is 1.55. The summed E-state index contributed by atoms with van der Waals surface area (Å²) >= 11 is 5.61. The maximum Gasteiger partial charge on any atom is 0.193 e. The van der Waals surface area contributed by atoms with Gasteiger partial charge in [0.05, 0.1) is 6.04 Å². The molecule has 1 aromatic carbocycles. The van der Waals surface area contributed by atoms with Gasteiger partial charge in [-0.1, -0.05) is 6.07 Å². The molecule has 0 radical (unpaired) electrons. The van der Waals surface area contributed by atoms with Gasteiger partial charge < -0.3 is 10.2 Å². The molecular weight excluding hydrogens is 248 g/mol. The Bertz CT molecular complexity index is 527. The molecule has 2 N–H and O–H groups in total. The fraction of sp³-hybridized carbons (Fsp3) is 0.167. The van der Waals surface area contributed by atoms with Crippen LogP contribution >= 0.6 is 11.6 Å². The number of halogens is 3. The minimum Gasteiger partial charge on any atom is -0.448 e. The van der Waals surface area contributed by atoms with Crippen molar-refractivity contribution in [2.75, 3.05) is 0 Å². The lowest BCUT2D eigenvalue weighted by atomic mass is 10.0. The number of hydrogen-bond donors (Lipinski definition) is 1. The Balaban J connectivity index is 2.15. The van der Waals surface area contributed by atoms with Crippen LogP contribution in [0.1, 0.15) is 17.4 Å². The van der Waals surface area contributed by atoms with Gasteiger partial charge in [0.15, 0.2) is 5.22 Å². The summed E-state index contributed by atoms with van der Waals surface area (Å²) in [6.45, 7) is 0. The lowest BCUT2D eigenvalue weighted by Gasteiger charge is -2.09. The summed E-state index contributed by atoms with van der Waals surface area (Å²) in [4.78, 5) is 0. The first-order valence-corrected chi connectivity index (χ1v) is 5.39. The predicted molar refractivity (Wildman–Crippen MR) is 60.7 cm³/mol. The Labute approximate surface area is 102 Å². The van der Waals surface area contributed by atoms with Gasteiger partial charge in [0.2, 0.25) is 0 Å². The van der Waals surface area contributed by atoms with E-state index in [1.54, 1.807) is 12.1 Å². The Kier molecular flexibility index (Phi) is 3.45. The van der Waals surface area contributed by atoms with E-state index in [4.69, 9.17) is 21.8 Å². The maximum absolute atomic E-state index is 13.4. The van der Waals surface area contributed by atoms with E-state index >= 15 is 0 Å². The van der Waals surface area contributed by atoms with Crippen molar-refractivity contribution in [3.8, 4) is 0 Å². The molecule has 0 aliphatic carbocycles. The highest BCUT2D eigenvalue weighted by Gasteiger charge is 2.14. The molecule has 0 aliphatic heterocycles. The number of furan rings is 1. The van der Waals surface area contributed by atoms with Crippen LogP contribution in [0.2, 0.25) is 5.22 Å². The highest BCUT2D eigenvalue weighted by molar-refractivity contribution is 6.28. The highest BCUT2D eigenvalue weighted by atomic mass is 35.5. The van der Waals surface area contributed by atoms with E-state index in [0.717, 1.165) is 6.07 Å². The summed E-state index contributed by atoms with van der Waals surface area (Å²) in [5.41, 5.74) is 6.17. The minimum atomic E-state index is -0.613. The largest absolute Gasteiger partial charge is 0.448 e. The van der Waals surface area contributed by atoms with Gasteiger partial charge in [-0.2, -0.15) is 0 Å². The van der Waals surface area contributed by atoms with Crippen molar-refractivity contribution in [2.45, 2.75) is 12.5 Å². The Morgan fingerprint density at radius 3 is 2.59 bits per heavy atom. The van der Waals surface area contributed by atoms with E-state index in [-0.39, 0.29) is 11.6 Å². The van der Waals surface area contributed by atoms with Gasteiger partial charge >= 0.3 is 0 Å². The van der Waals surface area contributed by atoms with Gasteiger partial charge in [-0.15, -0.1) is 0 Å². The van der Waals surface area contributed by atoms with Crippen LogP contribution in [-0.2, 0) is 6.42 Å². The second-order valence-electron chi connectivity index (χ2n) is 3.69. The zero-order valence-corrected chi connectivity index (χ0v) is 9.55. The molecule has 17 heavy (non-hydrogen) atoms. The number of hydrogen-bond acceptors (Lipinski definition) is 2. The van der Waals surface area contributed by atoms with Gasteiger partial charge in [-0.05, 0) is 41.8 Å². The summed E-state index contributed by atoms with van der Waals surface area (Å²) < 4.78 is 31.2. The van der Waals surface area contributed by atoms with E-state index in [9.17, 15) is 8.78 Å². The van der Waals surface area contributed by atoms with Crippen LogP contribution in [0.15, 0.2) is 34.7 Å². The summed E-state index contributed by atoms with van der Waals surface area (Å²) in [5, 5.41) is 0.232. The lowest BCUT2D eigenvalue weighted by molar-refractivity contribution is 0.461. The van der Waals surface area contributed by atoms with Crippen LogP contribution in [0.3, 0.4) is 0 Å². The number of nitrogens with two attached hydrogens (primary N) is 1. The molecule has 0 saturated heterocycles. The van der Waals surface area contributed by atoms with Crippen molar-refractivity contribution in [3.05, 3.63) is 58.5 Å². The molecule has 0 amide bonds. The standard InChI is InChI=1S/C12H10ClF2NO/c13-12-4-3-11(17-12)10(16)5-7-1-2-8(14)6-9(7)15/h1-4,6,10H,5,16H2. The van der Waals surface area contributed by atoms with Gasteiger partial charge in [0.25, 0.3) is 0 Å². The van der Waals surface area contributed by atoms with E-state index in [1.807, 2.05) is 0 Å². The maximum atomic E-state index is 13.4. The van der Waals surface area contributed by atoms with E-state index in [2.05, 4.69) is 0 Å². The molecular formula is C12H10ClF2NO. The SMILES string of the molecule is NC(Cc1ccc(F)cc1F)c1ccc(Cl)o1. The van der Waals surface area contributed by atoms with E-state index < -0.39 is 17.7 Å². The molecule has 0 spiro atoms. The monoisotopic (exact) mass is 257 g/mol. The van der Waals surface area contributed by atoms with Crippen LogP contribution in [0, 0.1) is 11.6 Å². The topological polar surface area (TPSA) is 39.2 Å². The number of benzene rings is 1. The molecule has 0 bridgehead atoms. The quantitative estimate of drug-likeness (QED) is 0.915. The summed E-state index contributed by atoms with van der Waals surface area (Å²) in [6, 6.07) is 6.08. The molecule has 2 nitrogen and oxygen atoms in total. The predicted octanol–water partition coefficient (Wildman–Crippen LogP) is 3.45. The van der Waals surface area contributed by atoms with E-state index in [1.165, 1.54) is 12.1 Å². The first-order valence-electron chi connectivity index (χ1n) is 5.01. The summed E-state index contributed by atoms with van der Waals surface area (Å²) in [5.74, 6) is -0.752. The molecule has 2 aromatic rings. The van der Waals surface area contributed by atoms with Crippen LogP contribution in [0.25, 0.3) is 0 Å². The van der Waals surface area contributed by atoms with Crippen molar-refractivity contribution < 1.29 is 13.2 Å². The van der Waals surface area contributed by atoms with Gasteiger partial charge in [0.1, 0.15) is 17.4 Å². The van der Waals surface area contributed by atoms with Gasteiger partial charge in [-0.3, -0.25) is 0 Å². The second-order valence-corrected chi connectivity index (χ2v) is 4.06. The average Bonchev–Trinajstić information content (AvgIpc) is 2.69. The third kappa shape index (κ3) is 2.84. The van der Waals surface area contributed by atoms with Crippen molar-refractivity contribution in [1.82, 2.24) is 0 Å². The lowest BCUT2D eigenvalue weighted by Crippen LogP contribution is -2.13. The Morgan fingerprint density at radius 1 is 1.24 bits per heavy atom. The molecule has 0 aliphatic rings. The smallest absolute Gasteiger partial charge is 0.193 e. The Morgan fingerprint density at radius 2 is 2.00 bits per heavy atom. The summed E-state index contributed by atoms with van der Waals surface area (Å²) in [6.07, 6.45) is 0.218. The van der Waals surface area contributed by atoms with Gasteiger partial charge in [-0.25, -0.2) is 8.78 Å². The van der Waals surface area contributed by atoms with Crippen LogP contribution in [0.5, 0.6) is 0 Å². The zero-order valence-electron chi connectivity index (χ0n) is 8.79. The molecule has 1 atom stereocenters. The molecule has 1 aromatic heterocycles. The molecule has 90 valence electrons. The molecule has 0 saturated carbocycles. The first kappa shape index (κ1) is 12.1. The van der Waals surface area contributed by atoms with Crippen molar-refractivity contribution in [2.24, 2.45) is 5.73 Å². The third-order valence-corrected chi connectivity index (χ3v) is 2.62. The molecule has 1 unspecified atom stereocenters. The minimum absolute atomic E-state index is 0.218. The third-order valence-electron chi connectivity index (χ3n) is 2.41.